The Hall–Kier alpha value is -0.280. The van der Waals surface area contributed by atoms with E-state index in [9.17, 15) is 5.11 Å². The number of halogens is 2. The van der Waals surface area contributed by atoms with Gasteiger partial charge in [0.15, 0.2) is 0 Å². The molecule has 0 spiro atoms. The average Bonchev–Trinajstić information content (AvgIpc) is 2.83. The third-order valence-electron chi connectivity index (χ3n) is 3.86. The van der Waals surface area contributed by atoms with E-state index in [1.165, 1.54) is 11.1 Å². The van der Waals surface area contributed by atoms with Crippen molar-refractivity contribution >= 4 is 23.2 Å². The summed E-state index contributed by atoms with van der Waals surface area (Å²) in [6.07, 6.45) is 2.72. The van der Waals surface area contributed by atoms with Crippen molar-refractivity contribution in [1.29, 1.82) is 0 Å². The third-order valence-corrected chi connectivity index (χ3v) is 4.41. The minimum absolute atomic E-state index is 0.155. The molecule has 17 heavy (non-hydrogen) atoms. The van der Waals surface area contributed by atoms with Gasteiger partial charge in [0.25, 0.3) is 0 Å². The standard InChI is InChI=1S/C13H15Cl2NO/c14-9-3-8-4-10(6-12(8)13(15)5-9)16-2-1-11(17)7-16/h3,5,10-11,17H,1-2,4,6-7H2/t10-,11?/m1/s1. The van der Waals surface area contributed by atoms with E-state index in [1.54, 1.807) is 0 Å². The van der Waals surface area contributed by atoms with E-state index < -0.39 is 0 Å². The summed E-state index contributed by atoms with van der Waals surface area (Å²) in [5, 5.41) is 11.1. The van der Waals surface area contributed by atoms with Gasteiger partial charge in [-0.05, 0) is 42.5 Å². The lowest BCUT2D eigenvalue weighted by atomic mass is 10.1. The second-order valence-corrected chi connectivity index (χ2v) is 5.87. The summed E-state index contributed by atoms with van der Waals surface area (Å²) in [5.74, 6) is 0. The van der Waals surface area contributed by atoms with Gasteiger partial charge in [0.1, 0.15) is 0 Å². The summed E-state index contributed by atoms with van der Waals surface area (Å²) < 4.78 is 0. The maximum Gasteiger partial charge on any atom is 0.0679 e. The molecule has 2 atom stereocenters. The van der Waals surface area contributed by atoms with Crippen LogP contribution in [0.15, 0.2) is 12.1 Å². The Morgan fingerprint density at radius 2 is 2.06 bits per heavy atom. The molecule has 1 N–H and O–H groups in total. The molecule has 1 heterocycles. The highest BCUT2D eigenvalue weighted by atomic mass is 35.5. The second kappa shape index (κ2) is 4.43. The molecule has 1 unspecified atom stereocenters. The van der Waals surface area contributed by atoms with Gasteiger partial charge in [0.05, 0.1) is 6.10 Å². The van der Waals surface area contributed by atoms with Crippen LogP contribution in [-0.4, -0.2) is 35.2 Å². The van der Waals surface area contributed by atoms with E-state index in [2.05, 4.69) is 4.90 Å². The van der Waals surface area contributed by atoms with Crippen LogP contribution < -0.4 is 0 Å². The van der Waals surface area contributed by atoms with Crippen LogP contribution in [0.3, 0.4) is 0 Å². The van der Waals surface area contributed by atoms with Crippen LogP contribution >= 0.6 is 23.2 Å². The normalized spacial score (nSPS) is 28.6. The van der Waals surface area contributed by atoms with Crippen molar-refractivity contribution in [2.24, 2.45) is 0 Å². The number of β-amino-alcohol motifs (C(OH)–C–C–N with tert-alkyl or cyclic N) is 1. The predicted molar refractivity (Wildman–Crippen MR) is 69.9 cm³/mol. The van der Waals surface area contributed by atoms with Crippen molar-refractivity contribution in [3.05, 3.63) is 33.3 Å². The SMILES string of the molecule is OC1CCN([C@@H]2Cc3cc(Cl)cc(Cl)c3C2)C1. The zero-order valence-corrected chi connectivity index (χ0v) is 11.0. The van der Waals surface area contributed by atoms with Crippen molar-refractivity contribution in [1.82, 2.24) is 4.90 Å². The molecule has 4 heteroatoms. The first-order chi connectivity index (χ1) is 8.13. The molecular formula is C13H15Cl2NO. The second-order valence-electron chi connectivity index (χ2n) is 5.02. The Labute approximate surface area is 111 Å². The zero-order valence-electron chi connectivity index (χ0n) is 9.50. The first-order valence-corrected chi connectivity index (χ1v) is 6.78. The van der Waals surface area contributed by atoms with Gasteiger partial charge in [-0.25, -0.2) is 0 Å². The van der Waals surface area contributed by atoms with Gasteiger partial charge >= 0.3 is 0 Å². The fourth-order valence-electron chi connectivity index (χ4n) is 2.99. The molecule has 1 aromatic carbocycles. The van der Waals surface area contributed by atoms with Gasteiger partial charge in [0, 0.05) is 29.2 Å². The van der Waals surface area contributed by atoms with Gasteiger partial charge in [-0.2, -0.15) is 0 Å². The summed E-state index contributed by atoms with van der Waals surface area (Å²) in [4.78, 5) is 2.37. The van der Waals surface area contributed by atoms with Crippen LogP contribution in [0.5, 0.6) is 0 Å². The largest absolute Gasteiger partial charge is 0.392 e. The highest BCUT2D eigenvalue weighted by Gasteiger charge is 2.32. The van der Waals surface area contributed by atoms with Gasteiger partial charge in [0.2, 0.25) is 0 Å². The number of aliphatic hydroxyl groups excluding tert-OH is 1. The topological polar surface area (TPSA) is 23.5 Å². The van der Waals surface area contributed by atoms with E-state index in [1.807, 2.05) is 12.1 Å². The number of hydrogen-bond acceptors (Lipinski definition) is 2. The predicted octanol–water partition coefficient (Wildman–Crippen LogP) is 2.53. The lowest BCUT2D eigenvalue weighted by Crippen LogP contribution is -2.34. The van der Waals surface area contributed by atoms with Crippen LogP contribution in [0.4, 0.5) is 0 Å². The minimum atomic E-state index is -0.155. The molecule has 1 aliphatic carbocycles. The number of fused-ring (bicyclic) bond motifs is 1. The lowest BCUT2D eigenvalue weighted by Gasteiger charge is -2.22. The number of likely N-dealkylation sites (tertiary alicyclic amines) is 1. The summed E-state index contributed by atoms with van der Waals surface area (Å²) in [5.41, 5.74) is 2.51. The van der Waals surface area contributed by atoms with Crippen LogP contribution in [0.1, 0.15) is 17.5 Å². The molecule has 1 aliphatic heterocycles. The van der Waals surface area contributed by atoms with Gasteiger partial charge in [-0.1, -0.05) is 23.2 Å². The third kappa shape index (κ3) is 2.19. The molecule has 2 aliphatic rings. The fourth-order valence-corrected chi connectivity index (χ4v) is 3.60. The number of hydrogen-bond donors (Lipinski definition) is 1. The lowest BCUT2D eigenvalue weighted by molar-refractivity contribution is 0.160. The minimum Gasteiger partial charge on any atom is -0.392 e. The van der Waals surface area contributed by atoms with Crippen LogP contribution in [0, 0.1) is 0 Å². The van der Waals surface area contributed by atoms with Gasteiger partial charge < -0.3 is 5.11 Å². The monoisotopic (exact) mass is 271 g/mol. The number of nitrogens with zero attached hydrogens (tertiary/aromatic N) is 1. The van der Waals surface area contributed by atoms with Crippen molar-refractivity contribution in [3.8, 4) is 0 Å². The molecule has 0 radical (unpaired) electrons. The fraction of sp³-hybridized carbons (Fsp3) is 0.538. The van der Waals surface area contributed by atoms with E-state index >= 15 is 0 Å². The smallest absolute Gasteiger partial charge is 0.0679 e. The number of benzene rings is 1. The molecule has 2 nitrogen and oxygen atoms in total. The Morgan fingerprint density at radius 3 is 2.76 bits per heavy atom. The molecule has 1 aromatic rings. The first-order valence-electron chi connectivity index (χ1n) is 6.02. The first kappa shape index (κ1) is 11.8. The van der Waals surface area contributed by atoms with E-state index in [4.69, 9.17) is 23.2 Å². The maximum absolute atomic E-state index is 9.59. The summed E-state index contributed by atoms with van der Waals surface area (Å²) in [6.45, 7) is 1.79. The van der Waals surface area contributed by atoms with E-state index in [0.717, 1.165) is 42.4 Å². The van der Waals surface area contributed by atoms with Crippen LogP contribution in [0.25, 0.3) is 0 Å². The molecule has 1 saturated heterocycles. The molecule has 0 saturated carbocycles. The van der Waals surface area contributed by atoms with Crippen molar-refractivity contribution in [3.63, 3.8) is 0 Å². The van der Waals surface area contributed by atoms with Crippen molar-refractivity contribution < 1.29 is 5.11 Å². The highest BCUT2D eigenvalue weighted by Crippen LogP contribution is 2.34. The molecule has 1 fully saturated rings. The number of aliphatic hydroxyl groups is 1. The van der Waals surface area contributed by atoms with Gasteiger partial charge in [-0.3, -0.25) is 4.90 Å². The van der Waals surface area contributed by atoms with E-state index in [0.29, 0.717) is 6.04 Å². The Balaban J connectivity index is 1.81. The Kier molecular flexibility index (Phi) is 3.07. The molecule has 0 bridgehead atoms. The quantitative estimate of drug-likeness (QED) is 0.849. The zero-order chi connectivity index (χ0) is 12.0. The Bertz CT molecular complexity index is 449. The number of rotatable bonds is 1. The summed E-state index contributed by atoms with van der Waals surface area (Å²) in [6, 6.07) is 4.33. The average molecular weight is 272 g/mol. The van der Waals surface area contributed by atoms with Gasteiger partial charge in [-0.15, -0.1) is 0 Å². The Morgan fingerprint density at radius 1 is 1.24 bits per heavy atom. The van der Waals surface area contributed by atoms with E-state index in [-0.39, 0.29) is 6.10 Å². The summed E-state index contributed by atoms with van der Waals surface area (Å²) in [7, 11) is 0. The van der Waals surface area contributed by atoms with Crippen molar-refractivity contribution in [2.45, 2.75) is 31.4 Å². The molecule has 92 valence electrons. The van der Waals surface area contributed by atoms with Crippen LogP contribution in [0.2, 0.25) is 10.0 Å². The molecule has 0 amide bonds. The van der Waals surface area contributed by atoms with Crippen molar-refractivity contribution in [2.75, 3.05) is 13.1 Å². The molecule has 3 rings (SSSR count). The summed E-state index contributed by atoms with van der Waals surface area (Å²) >= 11 is 12.2. The van der Waals surface area contributed by atoms with Crippen LogP contribution in [-0.2, 0) is 12.8 Å². The maximum atomic E-state index is 9.59. The molecular weight excluding hydrogens is 257 g/mol. The highest BCUT2D eigenvalue weighted by molar-refractivity contribution is 6.35. The molecule has 0 aromatic heterocycles.